The average molecular weight is 472 g/mol. The molecule has 3 N–H and O–H groups in total. The predicted molar refractivity (Wildman–Crippen MR) is 127 cm³/mol. The van der Waals surface area contributed by atoms with E-state index in [0.29, 0.717) is 22.0 Å². The van der Waals surface area contributed by atoms with Crippen LogP contribution in [0, 0.1) is 12.8 Å². The van der Waals surface area contributed by atoms with Crippen molar-refractivity contribution in [3.8, 4) is 11.3 Å². The molecule has 2 amide bonds. The van der Waals surface area contributed by atoms with E-state index >= 15 is 0 Å². The molecule has 0 aliphatic carbocycles. The second kappa shape index (κ2) is 10.4. The van der Waals surface area contributed by atoms with Gasteiger partial charge in [-0.2, -0.15) is 0 Å². The normalized spacial score (nSPS) is 10.8. The van der Waals surface area contributed by atoms with Crippen LogP contribution in [0.5, 0.6) is 0 Å². The van der Waals surface area contributed by atoms with Crippen LogP contribution < -0.4 is 16.2 Å². The highest BCUT2D eigenvalue weighted by atomic mass is 35.5. The molecule has 2 aromatic carbocycles. The van der Waals surface area contributed by atoms with Crippen LogP contribution in [-0.2, 0) is 9.59 Å². The molecule has 0 fully saturated rings. The molecular formula is C22H22ClN5O3S. The topological polar surface area (TPSA) is 117 Å². The van der Waals surface area contributed by atoms with Crippen LogP contribution in [-0.4, -0.2) is 32.7 Å². The molecule has 3 aromatic rings. The van der Waals surface area contributed by atoms with Gasteiger partial charge in [-0.25, -0.2) is 0 Å². The fourth-order valence-electron chi connectivity index (χ4n) is 2.74. The van der Waals surface area contributed by atoms with Gasteiger partial charge in [-0.15, -0.1) is 10.2 Å². The summed E-state index contributed by atoms with van der Waals surface area (Å²) < 4.78 is 0. The number of carbonyl (C=O) groups is 2. The quantitative estimate of drug-likeness (QED) is 0.446. The Morgan fingerprint density at radius 1 is 1.09 bits per heavy atom. The number of amides is 2. The number of aromatic amines is 1. The number of thioether (sulfide) groups is 1. The minimum absolute atomic E-state index is 0.00959. The van der Waals surface area contributed by atoms with Gasteiger partial charge in [0.05, 0.1) is 22.2 Å². The molecule has 166 valence electrons. The van der Waals surface area contributed by atoms with Gasteiger partial charge in [0, 0.05) is 11.5 Å². The van der Waals surface area contributed by atoms with Gasteiger partial charge < -0.3 is 10.6 Å². The summed E-state index contributed by atoms with van der Waals surface area (Å²) in [6.07, 6.45) is 0. The molecule has 3 rings (SSSR count). The number of carbonyl (C=O) groups excluding carboxylic acids is 2. The summed E-state index contributed by atoms with van der Waals surface area (Å²) in [5.74, 6) is -0.671. The van der Waals surface area contributed by atoms with Crippen molar-refractivity contribution >= 4 is 46.6 Å². The van der Waals surface area contributed by atoms with Crippen LogP contribution in [0.1, 0.15) is 19.4 Å². The zero-order valence-corrected chi connectivity index (χ0v) is 19.3. The van der Waals surface area contributed by atoms with Gasteiger partial charge in [0.1, 0.15) is 0 Å². The Morgan fingerprint density at radius 2 is 1.84 bits per heavy atom. The molecule has 0 saturated carbocycles. The maximum atomic E-state index is 12.6. The number of para-hydroxylation sites is 2. The molecule has 8 nitrogen and oxygen atoms in total. The molecule has 0 radical (unpaired) electrons. The van der Waals surface area contributed by atoms with Crippen molar-refractivity contribution in [3.05, 3.63) is 63.4 Å². The number of anilines is 2. The minimum Gasteiger partial charge on any atom is -0.325 e. The van der Waals surface area contributed by atoms with Gasteiger partial charge in [0.15, 0.2) is 10.9 Å². The second-order valence-electron chi connectivity index (χ2n) is 7.27. The van der Waals surface area contributed by atoms with Gasteiger partial charge in [0.25, 0.3) is 5.56 Å². The van der Waals surface area contributed by atoms with E-state index < -0.39 is 5.56 Å². The van der Waals surface area contributed by atoms with Crippen molar-refractivity contribution < 1.29 is 9.59 Å². The number of aromatic nitrogens is 3. The Hall–Kier alpha value is -3.17. The van der Waals surface area contributed by atoms with Gasteiger partial charge in [-0.3, -0.25) is 19.4 Å². The lowest BCUT2D eigenvalue weighted by Crippen LogP contribution is -2.20. The monoisotopic (exact) mass is 471 g/mol. The highest BCUT2D eigenvalue weighted by molar-refractivity contribution is 7.99. The van der Waals surface area contributed by atoms with Crippen molar-refractivity contribution in [1.82, 2.24) is 15.2 Å². The van der Waals surface area contributed by atoms with Crippen LogP contribution in [0.15, 0.2) is 52.4 Å². The first-order chi connectivity index (χ1) is 15.3. The number of nitrogens with zero attached hydrogens (tertiary/aromatic N) is 2. The highest BCUT2D eigenvalue weighted by Crippen LogP contribution is 2.26. The summed E-state index contributed by atoms with van der Waals surface area (Å²) in [5, 5.41) is 14.3. The number of halogens is 1. The molecule has 1 aromatic heterocycles. The van der Waals surface area contributed by atoms with Crippen LogP contribution in [0.2, 0.25) is 5.02 Å². The first-order valence-corrected chi connectivity index (χ1v) is 11.2. The van der Waals surface area contributed by atoms with Crippen LogP contribution >= 0.6 is 23.4 Å². The smallest absolute Gasteiger partial charge is 0.278 e. The fourth-order valence-corrected chi connectivity index (χ4v) is 3.61. The summed E-state index contributed by atoms with van der Waals surface area (Å²) in [6, 6.07) is 12.2. The third-order valence-electron chi connectivity index (χ3n) is 4.47. The Kier molecular flexibility index (Phi) is 7.66. The Bertz CT molecular complexity index is 1190. The molecule has 0 aliphatic rings. The molecule has 0 bridgehead atoms. The SMILES string of the molecule is Cc1cccc(Cl)c1NC(=O)CSc1nnc(-c2ccccc2NC(=O)C(C)C)c(=O)[nH]1. The van der Waals surface area contributed by atoms with Crippen LogP contribution in [0.25, 0.3) is 11.3 Å². The molecule has 32 heavy (non-hydrogen) atoms. The van der Waals surface area contributed by atoms with E-state index in [2.05, 4.69) is 25.8 Å². The van der Waals surface area contributed by atoms with Crippen LogP contribution in [0.3, 0.4) is 0 Å². The number of H-pyrrole nitrogens is 1. The molecule has 0 spiro atoms. The lowest BCUT2D eigenvalue weighted by Gasteiger charge is -2.12. The van der Waals surface area contributed by atoms with Crippen molar-refractivity contribution in [2.24, 2.45) is 5.92 Å². The summed E-state index contributed by atoms with van der Waals surface area (Å²) in [4.78, 5) is 39.6. The fraction of sp³-hybridized carbons (Fsp3) is 0.227. The third-order valence-corrected chi connectivity index (χ3v) is 5.65. The van der Waals surface area contributed by atoms with E-state index in [1.165, 1.54) is 0 Å². The number of benzene rings is 2. The number of hydrogen-bond acceptors (Lipinski definition) is 6. The van der Waals surface area contributed by atoms with E-state index in [4.69, 9.17) is 11.6 Å². The minimum atomic E-state index is -0.476. The first kappa shape index (κ1) is 23.5. The van der Waals surface area contributed by atoms with Crippen molar-refractivity contribution in [2.75, 3.05) is 16.4 Å². The number of hydrogen-bond donors (Lipinski definition) is 3. The maximum absolute atomic E-state index is 12.6. The second-order valence-corrected chi connectivity index (χ2v) is 8.64. The van der Waals surface area contributed by atoms with Gasteiger partial charge in [-0.05, 0) is 24.6 Å². The number of nitrogens with one attached hydrogen (secondary N) is 3. The molecule has 10 heteroatoms. The predicted octanol–water partition coefficient (Wildman–Crippen LogP) is 4.12. The third kappa shape index (κ3) is 5.74. The van der Waals surface area contributed by atoms with E-state index in [0.717, 1.165) is 17.3 Å². The van der Waals surface area contributed by atoms with Gasteiger partial charge in [0.2, 0.25) is 11.8 Å². The standard InChI is InChI=1S/C22H22ClN5O3S/c1-12(2)20(30)24-16-10-5-4-8-14(16)19-21(31)26-22(28-27-19)32-11-17(29)25-18-13(3)7-6-9-15(18)23/h4-10,12H,11H2,1-3H3,(H,24,30)(H,25,29)(H,26,28,31). The zero-order chi connectivity index (χ0) is 23.3. The number of aryl methyl sites for hydroxylation is 1. The molecule has 0 atom stereocenters. The van der Waals surface area contributed by atoms with Crippen molar-refractivity contribution in [3.63, 3.8) is 0 Å². The summed E-state index contributed by atoms with van der Waals surface area (Å²) >= 11 is 7.17. The molecular weight excluding hydrogens is 450 g/mol. The van der Waals surface area contributed by atoms with E-state index in [-0.39, 0.29) is 34.3 Å². The Morgan fingerprint density at radius 3 is 2.53 bits per heavy atom. The Labute approximate surface area is 194 Å². The molecule has 1 heterocycles. The van der Waals surface area contributed by atoms with E-state index in [1.807, 2.05) is 13.0 Å². The molecule has 0 unspecified atom stereocenters. The molecule has 0 aliphatic heterocycles. The van der Waals surface area contributed by atoms with Crippen molar-refractivity contribution in [2.45, 2.75) is 25.9 Å². The Balaban J connectivity index is 1.72. The van der Waals surface area contributed by atoms with Crippen molar-refractivity contribution in [1.29, 1.82) is 0 Å². The summed E-state index contributed by atoms with van der Waals surface area (Å²) in [6.45, 7) is 5.40. The van der Waals surface area contributed by atoms with Gasteiger partial charge in [-0.1, -0.05) is 67.5 Å². The number of rotatable bonds is 7. The largest absolute Gasteiger partial charge is 0.325 e. The molecule has 0 saturated heterocycles. The van der Waals surface area contributed by atoms with Gasteiger partial charge >= 0.3 is 0 Å². The highest BCUT2D eigenvalue weighted by Gasteiger charge is 2.16. The van der Waals surface area contributed by atoms with E-state index in [1.54, 1.807) is 50.2 Å². The first-order valence-electron chi connectivity index (χ1n) is 9.81. The lowest BCUT2D eigenvalue weighted by atomic mass is 10.1. The lowest BCUT2D eigenvalue weighted by molar-refractivity contribution is -0.119. The van der Waals surface area contributed by atoms with Crippen LogP contribution in [0.4, 0.5) is 11.4 Å². The zero-order valence-electron chi connectivity index (χ0n) is 17.7. The summed E-state index contributed by atoms with van der Waals surface area (Å²) in [7, 11) is 0. The summed E-state index contributed by atoms with van der Waals surface area (Å²) in [5.41, 5.74) is 1.92. The average Bonchev–Trinajstić information content (AvgIpc) is 2.75. The van der Waals surface area contributed by atoms with E-state index in [9.17, 15) is 14.4 Å². The maximum Gasteiger partial charge on any atom is 0.278 e.